The minimum atomic E-state index is -3.86. The molecule has 0 heterocycles. The van der Waals surface area contributed by atoms with E-state index in [2.05, 4.69) is 0 Å². The Kier molecular flexibility index (Phi) is 6.29. The molecule has 26 heavy (non-hydrogen) atoms. The highest BCUT2D eigenvalue weighted by molar-refractivity contribution is 7.55. The zero-order valence-corrected chi connectivity index (χ0v) is 15.7. The van der Waals surface area contributed by atoms with Crippen molar-refractivity contribution in [1.29, 1.82) is 0 Å². The molecule has 2 rings (SSSR count). The molecule has 0 aromatic heterocycles. The monoisotopic (exact) mass is 381 g/mol. The summed E-state index contributed by atoms with van der Waals surface area (Å²) in [5, 5.41) is 9.45. The summed E-state index contributed by atoms with van der Waals surface area (Å²) >= 11 is 0. The molecule has 0 N–H and O–H groups in total. The van der Waals surface area contributed by atoms with Gasteiger partial charge in [-0.05, 0) is 32.4 Å². The van der Waals surface area contributed by atoms with E-state index in [-0.39, 0.29) is 24.5 Å². The van der Waals surface area contributed by atoms with E-state index < -0.39 is 23.5 Å². The predicted molar refractivity (Wildman–Crippen MR) is 96.8 cm³/mol. The highest BCUT2D eigenvalue weighted by Crippen LogP contribution is 2.67. The van der Waals surface area contributed by atoms with Crippen LogP contribution < -0.4 is 0 Å². The summed E-state index contributed by atoms with van der Waals surface area (Å²) in [7, 11) is -3.86. The Bertz CT molecular complexity index is 820. The van der Waals surface area contributed by atoms with Crippen LogP contribution in [-0.2, 0) is 18.8 Å². The molecule has 0 aliphatic carbocycles. The molecule has 8 heteroatoms. The second-order valence-corrected chi connectivity index (χ2v) is 8.10. The number of nitro benzene ring substituents is 1. The second kappa shape index (κ2) is 8.08. The van der Waals surface area contributed by atoms with E-state index in [1.807, 2.05) is 0 Å². The van der Waals surface area contributed by atoms with Gasteiger partial charge in [0.15, 0.2) is 0 Å². The van der Waals surface area contributed by atoms with E-state index in [9.17, 15) is 19.1 Å². The number of non-ortho nitro benzene ring substituents is 1. The molecule has 1 unspecified atom stereocenters. The maximum absolute atomic E-state index is 14.9. The third-order valence-corrected chi connectivity index (χ3v) is 6.96. The summed E-state index contributed by atoms with van der Waals surface area (Å²) in [6, 6.07) is 11.9. The minimum Gasteiger partial charge on any atom is -0.308 e. The lowest BCUT2D eigenvalue weighted by Crippen LogP contribution is -2.28. The van der Waals surface area contributed by atoms with Crippen LogP contribution in [0, 0.1) is 15.9 Å². The summed E-state index contributed by atoms with van der Waals surface area (Å²) in [5.74, 6) is -0.842. The highest BCUT2D eigenvalue weighted by Gasteiger charge is 2.51. The molecule has 0 aliphatic rings. The van der Waals surface area contributed by atoms with Crippen LogP contribution in [0.3, 0.4) is 0 Å². The highest BCUT2D eigenvalue weighted by atomic mass is 31.2. The van der Waals surface area contributed by atoms with Gasteiger partial charge in [0.05, 0.1) is 24.2 Å². The van der Waals surface area contributed by atoms with Crippen LogP contribution in [0.1, 0.15) is 31.9 Å². The summed E-state index contributed by atoms with van der Waals surface area (Å²) < 4.78 is 39.5. The third-order valence-electron chi connectivity index (χ3n) is 4.17. The van der Waals surface area contributed by atoms with Gasteiger partial charge in [-0.3, -0.25) is 14.7 Å². The van der Waals surface area contributed by atoms with E-state index >= 15 is 0 Å². The Morgan fingerprint density at radius 2 is 1.69 bits per heavy atom. The first-order valence-corrected chi connectivity index (χ1v) is 9.73. The lowest BCUT2D eigenvalue weighted by atomic mass is 9.91. The van der Waals surface area contributed by atoms with E-state index in [4.69, 9.17) is 9.05 Å². The summed E-state index contributed by atoms with van der Waals surface area (Å²) in [5.41, 5.74) is 0.154. The van der Waals surface area contributed by atoms with Gasteiger partial charge in [0, 0.05) is 11.6 Å². The van der Waals surface area contributed by atoms with Crippen molar-refractivity contribution in [2.75, 3.05) is 13.2 Å². The van der Waals surface area contributed by atoms with E-state index in [0.717, 1.165) is 6.07 Å². The fourth-order valence-electron chi connectivity index (χ4n) is 2.87. The number of halogens is 1. The SMILES string of the molecule is CCOP(=O)(OCC)C(C)(c1ccccc1)c1ccc([N+](=O)[O-])cc1F. The Hall–Kier alpha value is -2.08. The van der Waals surface area contributed by atoms with E-state index in [1.165, 1.54) is 12.1 Å². The van der Waals surface area contributed by atoms with Crippen molar-refractivity contribution >= 4 is 13.3 Å². The summed E-state index contributed by atoms with van der Waals surface area (Å²) in [6.07, 6.45) is 0. The van der Waals surface area contributed by atoms with Crippen LogP contribution in [0.4, 0.5) is 10.1 Å². The summed E-state index contributed by atoms with van der Waals surface area (Å²) in [4.78, 5) is 10.2. The first-order chi connectivity index (χ1) is 12.3. The minimum absolute atomic E-state index is 0.0135. The van der Waals surface area contributed by atoms with Crippen molar-refractivity contribution < 1.29 is 22.9 Å². The van der Waals surface area contributed by atoms with Crippen LogP contribution in [0.15, 0.2) is 48.5 Å². The maximum atomic E-state index is 14.9. The van der Waals surface area contributed by atoms with Crippen molar-refractivity contribution in [3.05, 3.63) is 75.6 Å². The van der Waals surface area contributed by atoms with Gasteiger partial charge in [0.25, 0.3) is 5.69 Å². The van der Waals surface area contributed by atoms with Gasteiger partial charge < -0.3 is 9.05 Å². The average Bonchev–Trinajstić information content (AvgIpc) is 2.62. The Morgan fingerprint density at radius 3 is 2.15 bits per heavy atom. The number of nitro groups is 1. The molecule has 0 radical (unpaired) electrons. The van der Waals surface area contributed by atoms with Crippen LogP contribution in [0.25, 0.3) is 0 Å². The van der Waals surface area contributed by atoms with E-state index in [1.54, 1.807) is 51.1 Å². The maximum Gasteiger partial charge on any atom is 0.345 e. The number of hydrogen-bond acceptors (Lipinski definition) is 5. The number of hydrogen-bond donors (Lipinski definition) is 0. The van der Waals surface area contributed by atoms with Crippen LogP contribution in [-0.4, -0.2) is 18.1 Å². The Morgan fingerprint density at radius 1 is 1.12 bits per heavy atom. The molecule has 2 aromatic rings. The zero-order chi connectivity index (χ0) is 19.4. The molecule has 0 aliphatic heterocycles. The first-order valence-electron chi connectivity index (χ1n) is 8.19. The van der Waals surface area contributed by atoms with Crippen molar-refractivity contribution in [2.24, 2.45) is 0 Å². The fraction of sp³-hybridized carbons (Fsp3) is 0.333. The lowest BCUT2D eigenvalue weighted by molar-refractivity contribution is -0.385. The topological polar surface area (TPSA) is 78.7 Å². The van der Waals surface area contributed by atoms with Gasteiger partial charge in [-0.25, -0.2) is 4.39 Å². The first kappa shape index (κ1) is 20.2. The second-order valence-electron chi connectivity index (χ2n) is 5.69. The predicted octanol–water partition coefficient (Wildman–Crippen LogP) is 5.26. The smallest absolute Gasteiger partial charge is 0.308 e. The van der Waals surface area contributed by atoms with Crippen LogP contribution >= 0.6 is 7.60 Å². The molecular weight excluding hydrogens is 360 g/mol. The largest absolute Gasteiger partial charge is 0.345 e. The standard InChI is InChI=1S/C18H21FNO5P/c1-4-24-26(23,25-5-2)18(3,14-9-7-6-8-10-14)16-12-11-15(20(21)22)13-17(16)19/h6-13H,4-5H2,1-3H3. The van der Waals surface area contributed by atoms with Gasteiger partial charge in [-0.2, -0.15) is 0 Å². The lowest BCUT2D eigenvalue weighted by Gasteiger charge is -2.37. The van der Waals surface area contributed by atoms with Crippen molar-refractivity contribution in [2.45, 2.75) is 25.9 Å². The number of rotatable bonds is 8. The molecule has 0 fully saturated rings. The molecule has 0 amide bonds. The van der Waals surface area contributed by atoms with Crippen molar-refractivity contribution in [3.63, 3.8) is 0 Å². The van der Waals surface area contributed by atoms with Gasteiger partial charge in [-0.1, -0.05) is 30.3 Å². The normalized spacial score (nSPS) is 14.0. The molecule has 0 saturated heterocycles. The van der Waals surface area contributed by atoms with Gasteiger partial charge in [0.1, 0.15) is 11.0 Å². The Labute approximate surface area is 151 Å². The molecular formula is C18H21FNO5P. The molecule has 2 aromatic carbocycles. The molecule has 0 saturated carbocycles. The van der Waals surface area contributed by atoms with Gasteiger partial charge in [0.2, 0.25) is 0 Å². The quantitative estimate of drug-likeness (QED) is 0.354. The van der Waals surface area contributed by atoms with Gasteiger partial charge in [-0.15, -0.1) is 0 Å². The summed E-state index contributed by atoms with van der Waals surface area (Å²) in [6.45, 7) is 5.12. The molecule has 6 nitrogen and oxygen atoms in total. The number of benzene rings is 2. The van der Waals surface area contributed by atoms with Crippen molar-refractivity contribution in [3.8, 4) is 0 Å². The molecule has 0 bridgehead atoms. The number of nitrogens with zero attached hydrogens (tertiary/aromatic N) is 1. The Balaban J connectivity index is 2.77. The fourth-order valence-corrected chi connectivity index (χ4v) is 5.08. The molecule has 0 spiro atoms. The van der Waals surface area contributed by atoms with Crippen LogP contribution in [0.2, 0.25) is 0 Å². The molecule has 140 valence electrons. The zero-order valence-electron chi connectivity index (χ0n) is 14.8. The third kappa shape index (κ3) is 3.56. The van der Waals surface area contributed by atoms with Gasteiger partial charge >= 0.3 is 7.60 Å². The van der Waals surface area contributed by atoms with Crippen molar-refractivity contribution in [1.82, 2.24) is 0 Å². The average molecular weight is 381 g/mol. The molecule has 1 atom stereocenters. The van der Waals surface area contributed by atoms with E-state index in [0.29, 0.717) is 5.56 Å². The van der Waals surface area contributed by atoms with Crippen LogP contribution in [0.5, 0.6) is 0 Å².